The minimum Gasteiger partial charge on any atom is -0.480 e. The molecule has 0 aliphatic carbocycles. The first-order valence-corrected chi connectivity index (χ1v) is 12.7. The lowest BCUT2D eigenvalue weighted by Gasteiger charge is -2.32. The maximum atomic E-state index is 13.4. The average Bonchev–Trinajstić information content (AvgIpc) is 2.94. The molecule has 9 nitrogen and oxygen atoms in total. The van der Waals surface area contributed by atoms with Gasteiger partial charge in [0.1, 0.15) is 12.6 Å². The molecule has 2 amide bonds. The van der Waals surface area contributed by atoms with E-state index < -0.39 is 30.6 Å². The second-order valence-corrected chi connectivity index (χ2v) is 9.71. The Morgan fingerprint density at radius 1 is 1.24 bits per heavy atom. The molecule has 1 aromatic carbocycles. The molecular weight excluding hydrogens is 458 g/mol. The number of para-hydroxylation sites is 1. The number of carboxylic acid groups (broad SMARTS) is 1. The molecule has 0 spiro atoms. The van der Waals surface area contributed by atoms with Crippen LogP contribution in [-0.2, 0) is 23.9 Å². The Hall–Kier alpha value is -2.59. The molecule has 1 aromatic rings. The van der Waals surface area contributed by atoms with Gasteiger partial charge in [0.25, 0.3) is 0 Å². The zero-order valence-corrected chi connectivity index (χ0v) is 20.5. The van der Waals surface area contributed by atoms with Gasteiger partial charge in [-0.25, -0.2) is 0 Å². The van der Waals surface area contributed by atoms with Crippen LogP contribution in [0, 0.1) is 5.92 Å². The van der Waals surface area contributed by atoms with Crippen molar-refractivity contribution in [1.82, 2.24) is 10.2 Å². The van der Waals surface area contributed by atoms with Crippen LogP contribution in [0.3, 0.4) is 0 Å². The Balaban J connectivity index is 1.70. The molecule has 0 bridgehead atoms. The predicted molar refractivity (Wildman–Crippen MR) is 129 cm³/mol. The van der Waals surface area contributed by atoms with Crippen molar-refractivity contribution in [2.24, 2.45) is 5.92 Å². The Kier molecular flexibility index (Phi) is 9.35. The highest BCUT2D eigenvalue weighted by atomic mass is 32.2. The fourth-order valence-corrected chi connectivity index (χ4v) is 5.55. The van der Waals surface area contributed by atoms with Crippen LogP contribution in [0.1, 0.15) is 39.5 Å². The predicted octanol–water partition coefficient (Wildman–Crippen LogP) is 2.14. The van der Waals surface area contributed by atoms with Crippen LogP contribution in [0.4, 0.5) is 5.69 Å². The lowest BCUT2D eigenvalue weighted by atomic mass is 9.90. The zero-order valence-electron chi connectivity index (χ0n) is 19.7. The molecule has 1 saturated heterocycles. The van der Waals surface area contributed by atoms with Gasteiger partial charge in [-0.05, 0) is 50.7 Å². The van der Waals surface area contributed by atoms with Gasteiger partial charge in [0.05, 0.1) is 18.3 Å². The molecule has 0 saturated carbocycles. The summed E-state index contributed by atoms with van der Waals surface area (Å²) in [6.07, 6.45) is 3.04. The highest BCUT2D eigenvalue weighted by Crippen LogP contribution is 2.34. The van der Waals surface area contributed by atoms with Gasteiger partial charge in [-0.15, -0.1) is 11.8 Å². The van der Waals surface area contributed by atoms with Crippen LogP contribution in [-0.4, -0.2) is 77.8 Å². The summed E-state index contributed by atoms with van der Waals surface area (Å²) in [7, 11) is 0. The minimum atomic E-state index is -1.10. The topological polar surface area (TPSA) is 116 Å². The van der Waals surface area contributed by atoms with E-state index in [4.69, 9.17) is 4.74 Å². The number of fused-ring (bicyclic) bond motifs is 1. The minimum absolute atomic E-state index is 0.0841. The SMILES string of the molecule is CCOC(=O)[C@H](CCC1CCN(C(C)=O)CC1)N[C@H]1CSc2ccccc2N(CC(=O)O)C1=O. The number of nitrogens with one attached hydrogen (secondary N) is 1. The molecular formula is C24H33N3O6S. The summed E-state index contributed by atoms with van der Waals surface area (Å²) >= 11 is 1.46. The first kappa shape index (κ1) is 26.0. The van der Waals surface area contributed by atoms with E-state index in [9.17, 15) is 24.3 Å². The summed E-state index contributed by atoms with van der Waals surface area (Å²) < 4.78 is 5.27. The van der Waals surface area contributed by atoms with Crippen molar-refractivity contribution < 1.29 is 29.0 Å². The largest absolute Gasteiger partial charge is 0.480 e. The Morgan fingerprint density at radius 2 is 1.94 bits per heavy atom. The second-order valence-electron chi connectivity index (χ2n) is 8.65. The maximum absolute atomic E-state index is 13.4. The highest BCUT2D eigenvalue weighted by Gasteiger charge is 2.35. The number of thioether (sulfide) groups is 1. The fraction of sp³-hybridized carbons (Fsp3) is 0.583. The molecule has 3 rings (SSSR count). The van der Waals surface area contributed by atoms with Crippen molar-refractivity contribution in [3.8, 4) is 0 Å². The summed E-state index contributed by atoms with van der Waals surface area (Å²) in [5.41, 5.74) is 0.564. The van der Waals surface area contributed by atoms with Crippen LogP contribution >= 0.6 is 11.8 Å². The third kappa shape index (κ3) is 6.73. The molecule has 10 heteroatoms. The Morgan fingerprint density at radius 3 is 2.59 bits per heavy atom. The number of hydrogen-bond acceptors (Lipinski definition) is 7. The van der Waals surface area contributed by atoms with Gasteiger partial charge in [0.2, 0.25) is 11.8 Å². The molecule has 2 heterocycles. The van der Waals surface area contributed by atoms with Crippen molar-refractivity contribution in [2.45, 2.75) is 56.5 Å². The maximum Gasteiger partial charge on any atom is 0.323 e. The number of carboxylic acids is 1. The summed E-state index contributed by atoms with van der Waals surface area (Å²) in [4.78, 5) is 53.1. The van der Waals surface area contributed by atoms with Crippen molar-refractivity contribution in [3.63, 3.8) is 0 Å². The number of hydrogen-bond donors (Lipinski definition) is 2. The molecule has 1 fully saturated rings. The van der Waals surface area contributed by atoms with Crippen LogP contribution in [0.2, 0.25) is 0 Å². The number of aliphatic carboxylic acids is 1. The number of amides is 2. The summed E-state index contributed by atoms with van der Waals surface area (Å²) in [6, 6.07) is 5.82. The van der Waals surface area contributed by atoms with Gasteiger partial charge in [0.15, 0.2) is 0 Å². The normalized spacial score (nSPS) is 19.8. The number of carbonyl (C=O) groups excluding carboxylic acids is 3. The number of nitrogens with zero attached hydrogens (tertiary/aromatic N) is 2. The van der Waals surface area contributed by atoms with E-state index in [1.807, 2.05) is 17.0 Å². The Bertz CT molecular complexity index is 902. The average molecular weight is 492 g/mol. The number of rotatable bonds is 9. The lowest BCUT2D eigenvalue weighted by molar-refractivity contribution is -0.146. The quantitative estimate of drug-likeness (QED) is 0.505. The second kappa shape index (κ2) is 12.2. The zero-order chi connectivity index (χ0) is 24.7. The number of piperidine rings is 1. The van der Waals surface area contributed by atoms with E-state index in [1.165, 1.54) is 16.7 Å². The Labute approximate surface area is 204 Å². The van der Waals surface area contributed by atoms with E-state index in [1.54, 1.807) is 26.0 Å². The molecule has 0 aromatic heterocycles. The van der Waals surface area contributed by atoms with Crippen LogP contribution in [0.25, 0.3) is 0 Å². The summed E-state index contributed by atoms with van der Waals surface area (Å²) in [5.74, 6) is -1.04. The number of benzene rings is 1. The standard InChI is InChI=1S/C24H33N3O6S/c1-3-33-24(32)18(9-8-17-10-12-26(13-11-17)16(2)28)25-19-15-34-21-7-5-4-6-20(21)27(23(19)31)14-22(29)30/h4-7,17-19,25H,3,8-15H2,1-2H3,(H,29,30)/t18-,19-/m0/s1. The molecule has 0 radical (unpaired) electrons. The van der Waals surface area contributed by atoms with Gasteiger partial charge < -0.3 is 14.7 Å². The molecule has 186 valence electrons. The molecule has 2 aliphatic heterocycles. The van der Waals surface area contributed by atoms with Gasteiger partial charge in [-0.2, -0.15) is 0 Å². The molecule has 2 atom stereocenters. The molecule has 2 aliphatic rings. The van der Waals surface area contributed by atoms with Crippen molar-refractivity contribution in [1.29, 1.82) is 0 Å². The third-order valence-electron chi connectivity index (χ3n) is 6.32. The van der Waals surface area contributed by atoms with E-state index in [0.29, 0.717) is 23.8 Å². The number of esters is 1. The van der Waals surface area contributed by atoms with Crippen molar-refractivity contribution in [3.05, 3.63) is 24.3 Å². The summed E-state index contributed by atoms with van der Waals surface area (Å²) in [6.45, 7) is 4.54. The smallest absolute Gasteiger partial charge is 0.323 e. The summed E-state index contributed by atoms with van der Waals surface area (Å²) in [5, 5.41) is 12.6. The number of likely N-dealkylation sites (tertiary alicyclic amines) is 1. The first-order chi connectivity index (χ1) is 16.3. The van der Waals surface area contributed by atoms with Crippen LogP contribution < -0.4 is 10.2 Å². The lowest BCUT2D eigenvalue weighted by Crippen LogP contribution is -2.54. The highest BCUT2D eigenvalue weighted by molar-refractivity contribution is 7.99. The van der Waals surface area contributed by atoms with Gasteiger partial charge >= 0.3 is 11.9 Å². The van der Waals surface area contributed by atoms with E-state index in [2.05, 4.69) is 5.32 Å². The van der Waals surface area contributed by atoms with E-state index >= 15 is 0 Å². The number of ether oxygens (including phenoxy) is 1. The number of carbonyl (C=O) groups is 4. The number of anilines is 1. The van der Waals surface area contributed by atoms with Crippen LogP contribution in [0.5, 0.6) is 0 Å². The first-order valence-electron chi connectivity index (χ1n) is 11.7. The van der Waals surface area contributed by atoms with Crippen LogP contribution in [0.15, 0.2) is 29.2 Å². The van der Waals surface area contributed by atoms with Gasteiger partial charge in [0, 0.05) is 30.7 Å². The van der Waals surface area contributed by atoms with Gasteiger partial charge in [-0.1, -0.05) is 12.1 Å². The molecule has 0 unspecified atom stereocenters. The van der Waals surface area contributed by atoms with E-state index in [-0.39, 0.29) is 18.4 Å². The molecule has 2 N–H and O–H groups in total. The third-order valence-corrected chi connectivity index (χ3v) is 7.47. The van der Waals surface area contributed by atoms with Gasteiger partial charge in [-0.3, -0.25) is 29.4 Å². The molecule has 34 heavy (non-hydrogen) atoms. The van der Waals surface area contributed by atoms with E-state index in [0.717, 1.165) is 37.2 Å². The van der Waals surface area contributed by atoms with Crippen molar-refractivity contribution >= 4 is 41.2 Å². The van der Waals surface area contributed by atoms with Crippen molar-refractivity contribution in [2.75, 3.05) is 36.9 Å². The monoisotopic (exact) mass is 491 g/mol. The fourth-order valence-electron chi connectivity index (χ4n) is 4.47.